The van der Waals surface area contributed by atoms with E-state index >= 15 is 0 Å². The molecule has 0 fully saturated rings. The lowest BCUT2D eigenvalue weighted by molar-refractivity contribution is -0.137. The summed E-state index contributed by atoms with van der Waals surface area (Å²) in [6.07, 6.45) is -2.06. The molecule has 0 spiro atoms. The van der Waals surface area contributed by atoms with Crippen LogP contribution in [-0.4, -0.2) is 21.6 Å². The van der Waals surface area contributed by atoms with Crippen molar-refractivity contribution >= 4 is 0 Å². The van der Waals surface area contributed by atoms with Crippen LogP contribution in [0.1, 0.15) is 43.5 Å². The molecule has 1 aromatic carbocycles. The second kappa shape index (κ2) is 7.02. The van der Waals surface area contributed by atoms with E-state index < -0.39 is 11.7 Å². The first kappa shape index (κ1) is 17.3. The number of benzene rings is 1. The Kier molecular flexibility index (Phi) is 5.28. The van der Waals surface area contributed by atoms with Crippen molar-refractivity contribution < 1.29 is 17.9 Å². The first-order valence-electron chi connectivity index (χ1n) is 7.58. The van der Waals surface area contributed by atoms with E-state index in [2.05, 4.69) is 10.3 Å². The SMILES string of the molecule is CCOc1ccc(C(F)(F)F)cc1C(C)Cc1cn(CC)nn1. The highest BCUT2D eigenvalue weighted by atomic mass is 19.4. The van der Waals surface area contributed by atoms with Gasteiger partial charge in [0, 0.05) is 12.7 Å². The van der Waals surface area contributed by atoms with Gasteiger partial charge in [-0.2, -0.15) is 13.2 Å². The van der Waals surface area contributed by atoms with E-state index in [-0.39, 0.29) is 5.92 Å². The van der Waals surface area contributed by atoms with Gasteiger partial charge >= 0.3 is 6.18 Å². The van der Waals surface area contributed by atoms with Crippen molar-refractivity contribution in [2.75, 3.05) is 6.61 Å². The molecule has 0 radical (unpaired) electrons. The Bertz CT molecular complexity index is 652. The second-order valence-electron chi connectivity index (χ2n) is 5.35. The molecule has 2 aromatic rings. The van der Waals surface area contributed by atoms with Gasteiger partial charge < -0.3 is 4.74 Å². The predicted octanol–water partition coefficient (Wildman–Crippen LogP) is 4.06. The van der Waals surface area contributed by atoms with E-state index in [1.54, 1.807) is 11.6 Å². The molecule has 0 aliphatic carbocycles. The van der Waals surface area contributed by atoms with E-state index in [1.807, 2.05) is 20.0 Å². The lowest BCUT2D eigenvalue weighted by Crippen LogP contribution is -2.09. The maximum atomic E-state index is 13.0. The maximum absolute atomic E-state index is 13.0. The van der Waals surface area contributed by atoms with Gasteiger partial charge in [-0.3, -0.25) is 4.68 Å². The fourth-order valence-corrected chi connectivity index (χ4v) is 2.41. The van der Waals surface area contributed by atoms with Crippen LogP contribution in [0.2, 0.25) is 0 Å². The molecule has 0 bridgehead atoms. The fraction of sp³-hybridized carbons (Fsp3) is 0.500. The Hall–Kier alpha value is -2.05. The fourth-order valence-electron chi connectivity index (χ4n) is 2.41. The molecule has 23 heavy (non-hydrogen) atoms. The molecule has 7 heteroatoms. The van der Waals surface area contributed by atoms with E-state index in [4.69, 9.17) is 4.74 Å². The first-order valence-corrected chi connectivity index (χ1v) is 7.58. The summed E-state index contributed by atoms with van der Waals surface area (Å²) in [5.74, 6) is 0.316. The molecule has 1 unspecified atom stereocenters. The van der Waals surface area contributed by atoms with Crippen molar-refractivity contribution in [2.45, 2.75) is 45.8 Å². The average molecular weight is 327 g/mol. The van der Waals surface area contributed by atoms with E-state index in [0.717, 1.165) is 11.8 Å². The lowest BCUT2D eigenvalue weighted by atomic mass is 9.93. The van der Waals surface area contributed by atoms with Gasteiger partial charge in [0.15, 0.2) is 0 Å². The van der Waals surface area contributed by atoms with Crippen molar-refractivity contribution in [3.8, 4) is 5.75 Å². The van der Waals surface area contributed by atoms with Gasteiger partial charge in [-0.15, -0.1) is 5.10 Å². The minimum Gasteiger partial charge on any atom is -0.494 e. The predicted molar refractivity (Wildman–Crippen MR) is 80.4 cm³/mol. The van der Waals surface area contributed by atoms with Crippen LogP contribution in [0.4, 0.5) is 13.2 Å². The molecule has 0 aliphatic rings. The number of halogens is 3. The van der Waals surface area contributed by atoms with Gasteiger partial charge in [0.2, 0.25) is 0 Å². The van der Waals surface area contributed by atoms with Crippen LogP contribution >= 0.6 is 0 Å². The molecule has 126 valence electrons. The zero-order valence-corrected chi connectivity index (χ0v) is 13.4. The number of nitrogens with zero attached hydrogens (tertiary/aromatic N) is 3. The molecule has 0 amide bonds. The standard InChI is InChI=1S/C16H20F3N3O/c1-4-22-10-13(20-21-22)8-11(3)14-9-12(16(17,18)19)6-7-15(14)23-5-2/h6-7,9-11H,4-5,8H2,1-3H3. The molecule has 1 heterocycles. The summed E-state index contributed by atoms with van der Waals surface area (Å²) < 4.78 is 46.0. The second-order valence-corrected chi connectivity index (χ2v) is 5.35. The van der Waals surface area contributed by atoms with Crippen LogP contribution in [0.3, 0.4) is 0 Å². The number of ether oxygens (including phenoxy) is 1. The minimum absolute atomic E-state index is 0.166. The maximum Gasteiger partial charge on any atom is 0.416 e. The van der Waals surface area contributed by atoms with E-state index in [9.17, 15) is 13.2 Å². The summed E-state index contributed by atoms with van der Waals surface area (Å²) in [4.78, 5) is 0. The van der Waals surface area contributed by atoms with Gasteiger partial charge in [0.05, 0.1) is 17.9 Å². The summed E-state index contributed by atoms with van der Waals surface area (Å²) in [5.41, 5.74) is 0.618. The third kappa shape index (κ3) is 4.24. The van der Waals surface area contributed by atoms with Crippen LogP contribution < -0.4 is 4.74 Å². The smallest absolute Gasteiger partial charge is 0.416 e. The summed E-state index contributed by atoms with van der Waals surface area (Å²) in [7, 11) is 0. The number of aryl methyl sites for hydroxylation is 1. The van der Waals surface area contributed by atoms with E-state index in [1.165, 1.54) is 12.1 Å². The number of rotatable bonds is 6. The van der Waals surface area contributed by atoms with Crippen molar-refractivity contribution in [3.63, 3.8) is 0 Å². The molecular formula is C16H20F3N3O. The Morgan fingerprint density at radius 3 is 2.57 bits per heavy atom. The molecule has 0 saturated carbocycles. The highest BCUT2D eigenvalue weighted by molar-refractivity contribution is 5.41. The van der Waals surface area contributed by atoms with Gasteiger partial charge in [0.25, 0.3) is 0 Å². The molecule has 2 rings (SSSR count). The average Bonchev–Trinajstić information content (AvgIpc) is 2.94. The molecule has 1 atom stereocenters. The lowest BCUT2D eigenvalue weighted by Gasteiger charge is -2.18. The normalized spacial score (nSPS) is 13.1. The van der Waals surface area contributed by atoms with Gasteiger partial charge in [0.1, 0.15) is 5.75 Å². The topological polar surface area (TPSA) is 39.9 Å². The van der Waals surface area contributed by atoms with Crippen LogP contribution in [0.5, 0.6) is 5.75 Å². The monoisotopic (exact) mass is 327 g/mol. The Morgan fingerprint density at radius 1 is 1.26 bits per heavy atom. The molecule has 0 N–H and O–H groups in total. The largest absolute Gasteiger partial charge is 0.494 e. The van der Waals surface area contributed by atoms with Crippen molar-refractivity contribution in [2.24, 2.45) is 0 Å². The minimum atomic E-state index is -4.37. The highest BCUT2D eigenvalue weighted by Gasteiger charge is 2.31. The van der Waals surface area contributed by atoms with Crippen molar-refractivity contribution in [1.82, 2.24) is 15.0 Å². The molecule has 0 saturated heterocycles. The van der Waals surface area contributed by atoms with Gasteiger partial charge in [-0.25, -0.2) is 0 Å². The zero-order chi connectivity index (χ0) is 17.0. The van der Waals surface area contributed by atoms with Crippen LogP contribution in [0, 0.1) is 0 Å². The summed E-state index contributed by atoms with van der Waals surface area (Å²) in [5, 5.41) is 8.00. The van der Waals surface area contributed by atoms with Crippen LogP contribution in [0.15, 0.2) is 24.4 Å². The number of alkyl halides is 3. The molecule has 1 aromatic heterocycles. The summed E-state index contributed by atoms with van der Waals surface area (Å²) >= 11 is 0. The van der Waals surface area contributed by atoms with Crippen molar-refractivity contribution in [1.29, 1.82) is 0 Å². The summed E-state index contributed by atoms with van der Waals surface area (Å²) in [6, 6.07) is 3.61. The summed E-state index contributed by atoms with van der Waals surface area (Å²) in [6.45, 7) is 6.72. The number of hydrogen-bond donors (Lipinski definition) is 0. The van der Waals surface area contributed by atoms with Crippen molar-refractivity contribution in [3.05, 3.63) is 41.2 Å². The zero-order valence-electron chi connectivity index (χ0n) is 13.4. The van der Waals surface area contributed by atoms with Crippen LogP contribution in [-0.2, 0) is 19.1 Å². The third-order valence-corrected chi connectivity index (χ3v) is 3.59. The quantitative estimate of drug-likeness (QED) is 0.803. The third-order valence-electron chi connectivity index (χ3n) is 3.59. The highest BCUT2D eigenvalue weighted by Crippen LogP contribution is 2.36. The molecular weight excluding hydrogens is 307 g/mol. The Labute approximate surface area is 133 Å². The number of aromatic nitrogens is 3. The van der Waals surface area contributed by atoms with Gasteiger partial charge in [-0.1, -0.05) is 12.1 Å². The van der Waals surface area contributed by atoms with Crippen LogP contribution in [0.25, 0.3) is 0 Å². The van der Waals surface area contributed by atoms with E-state index in [0.29, 0.717) is 30.9 Å². The Balaban J connectivity index is 2.30. The van der Waals surface area contributed by atoms with Gasteiger partial charge in [-0.05, 0) is 49.9 Å². The first-order chi connectivity index (χ1) is 10.8. The number of hydrogen-bond acceptors (Lipinski definition) is 3. The molecule has 0 aliphatic heterocycles. The Morgan fingerprint density at radius 2 is 2.00 bits per heavy atom. The molecule has 4 nitrogen and oxygen atoms in total.